The summed E-state index contributed by atoms with van der Waals surface area (Å²) in [6.07, 6.45) is 3.64. The summed E-state index contributed by atoms with van der Waals surface area (Å²) in [5.41, 5.74) is 0.710. The van der Waals surface area contributed by atoms with Crippen molar-refractivity contribution in [2.45, 2.75) is 31.7 Å². The fraction of sp³-hybridized carbons (Fsp3) is 0.412. The predicted molar refractivity (Wildman–Crippen MR) is 92.9 cm³/mol. The van der Waals surface area contributed by atoms with E-state index in [2.05, 4.69) is 20.9 Å². The molecule has 0 aromatic heterocycles. The molecule has 0 fully saturated rings. The third-order valence-corrected chi connectivity index (χ3v) is 3.43. The molecule has 1 rings (SSSR count). The average Bonchev–Trinajstić information content (AvgIpc) is 2.63. The molecule has 0 saturated heterocycles. The SMILES string of the molecule is CNC(=O)C(=O)C(CCCCCNC(=O)Nc1ccccc1)N=C=O. The Labute approximate surface area is 146 Å². The van der Waals surface area contributed by atoms with Gasteiger partial charge in [0.25, 0.3) is 5.91 Å². The lowest BCUT2D eigenvalue weighted by atomic mass is 10.0. The average molecular weight is 346 g/mol. The summed E-state index contributed by atoms with van der Waals surface area (Å²) in [6.45, 7) is 0.476. The van der Waals surface area contributed by atoms with Gasteiger partial charge in [-0.25, -0.2) is 9.59 Å². The molecule has 8 heteroatoms. The Morgan fingerprint density at radius 3 is 2.48 bits per heavy atom. The van der Waals surface area contributed by atoms with E-state index in [1.165, 1.54) is 13.1 Å². The summed E-state index contributed by atoms with van der Waals surface area (Å²) >= 11 is 0. The lowest BCUT2D eigenvalue weighted by Gasteiger charge is -2.09. The fourth-order valence-electron chi connectivity index (χ4n) is 2.13. The smallest absolute Gasteiger partial charge is 0.319 e. The maximum absolute atomic E-state index is 11.7. The van der Waals surface area contributed by atoms with Crippen molar-refractivity contribution in [3.05, 3.63) is 30.3 Å². The minimum atomic E-state index is -0.994. The molecule has 0 heterocycles. The number of likely N-dealkylation sites (N-methyl/N-ethyl adjacent to an activating group) is 1. The van der Waals surface area contributed by atoms with Crippen LogP contribution in [0.15, 0.2) is 35.3 Å². The van der Waals surface area contributed by atoms with Gasteiger partial charge in [-0.1, -0.05) is 31.0 Å². The minimum Gasteiger partial charge on any atom is -0.353 e. The number of hydrogen-bond acceptors (Lipinski definition) is 5. The second-order valence-corrected chi connectivity index (χ2v) is 5.28. The number of rotatable bonds is 10. The Bertz CT molecular complexity index is 627. The number of carbonyl (C=O) groups excluding carboxylic acids is 4. The number of amides is 3. The van der Waals surface area contributed by atoms with Gasteiger partial charge in [-0.05, 0) is 25.0 Å². The number of Topliss-reactive ketones (excluding diaryl/α,β-unsaturated/α-hetero) is 1. The molecule has 134 valence electrons. The van der Waals surface area contributed by atoms with Crippen LogP contribution in [-0.2, 0) is 14.4 Å². The zero-order chi connectivity index (χ0) is 18.5. The molecule has 1 unspecified atom stereocenters. The number of ketones is 1. The van der Waals surface area contributed by atoms with Crippen molar-refractivity contribution in [2.24, 2.45) is 4.99 Å². The van der Waals surface area contributed by atoms with Crippen molar-refractivity contribution in [1.82, 2.24) is 10.6 Å². The molecule has 0 spiro atoms. The Balaban J connectivity index is 2.21. The van der Waals surface area contributed by atoms with Gasteiger partial charge in [-0.2, -0.15) is 4.99 Å². The number of para-hydroxylation sites is 1. The minimum absolute atomic E-state index is 0.288. The van der Waals surface area contributed by atoms with Crippen LogP contribution < -0.4 is 16.0 Å². The van der Waals surface area contributed by atoms with Crippen molar-refractivity contribution >= 4 is 29.5 Å². The first-order chi connectivity index (χ1) is 12.1. The van der Waals surface area contributed by atoms with E-state index in [0.717, 1.165) is 6.42 Å². The van der Waals surface area contributed by atoms with Crippen LogP contribution in [0.5, 0.6) is 0 Å². The van der Waals surface area contributed by atoms with E-state index in [1.54, 1.807) is 12.1 Å². The van der Waals surface area contributed by atoms with Gasteiger partial charge in [0, 0.05) is 19.3 Å². The van der Waals surface area contributed by atoms with E-state index >= 15 is 0 Å². The summed E-state index contributed by atoms with van der Waals surface area (Å²) in [7, 11) is 1.34. The highest BCUT2D eigenvalue weighted by molar-refractivity contribution is 6.38. The first-order valence-electron chi connectivity index (χ1n) is 8.01. The molecule has 0 aliphatic carbocycles. The van der Waals surface area contributed by atoms with Crippen LogP contribution in [0.25, 0.3) is 0 Å². The van der Waals surface area contributed by atoms with Crippen LogP contribution in [0.1, 0.15) is 25.7 Å². The topological polar surface area (TPSA) is 117 Å². The third kappa shape index (κ3) is 7.90. The predicted octanol–water partition coefficient (Wildman–Crippen LogP) is 1.39. The van der Waals surface area contributed by atoms with Crippen LogP contribution in [0.4, 0.5) is 10.5 Å². The third-order valence-electron chi connectivity index (χ3n) is 3.43. The van der Waals surface area contributed by atoms with Crippen molar-refractivity contribution in [3.8, 4) is 0 Å². The van der Waals surface area contributed by atoms with Gasteiger partial charge >= 0.3 is 6.03 Å². The quantitative estimate of drug-likeness (QED) is 0.257. The molecule has 8 nitrogen and oxygen atoms in total. The number of nitrogens with one attached hydrogen (secondary N) is 3. The van der Waals surface area contributed by atoms with Crippen molar-refractivity contribution in [2.75, 3.05) is 18.9 Å². The molecule has 0 radical (unpaired) electrons. The zero-order valence-corrected chi connectivity index (χ0v) is 14.1. The lowest BCUT2D eigenvalue weighted by Crippen LogP contribution is -2.35. The van der Waals surface area contributed by atoms with Gasteiger partial charge in [0.05, 0.1) is 0 Å². The van der Waals surface area contributed by atoms with Crippen LogP contribution in [-0.4, -0.2) is 43.4 Å². The lowest BCUT2D eigenvalue weighted by molar-refractivity contribution is -0.138. The summed E-state index contributed by atoms with van der Waals surface area (Å²) in [5, 5.41) is 7.65. The van der Waals surface area contributed by atoms with Crippen molar-refractivity contribution in [3.63, 3.8) is 0 Å². The number of carbonyl (C=O) groups is 3. The van der Waals surface area contributed by atoms with Crippen molar-refractivity contribution in [1.29, 1.82) is 0 Å². The zero-order valence-electron chi connectivity index (χ0n) is 14.1. The number of unbranched alkanes of at least 4 members (excludes halogenated alkanes) is 2. The van der Waals surface area contributed by atoms with Crippen LogP contribution in [0, 0.1) is 0 Å². The summed E-state index contributed by atoms with van der Waals surface area (Å²) in [4.78, 5) is 48.4. The highest BCUT2D eigenvalue weighted by Gasteiger charge is 2.23. The van der Waals surface area contributed by atoms with E-state index in [4.69, 9.17) is 0 Å². The van der Waals surface area contributed by atoms with E-state index in [-0.39, 0.29) is 12.5 Å². The maximum Gasteiger partial charge on any atom is 0.319 e. The van der Waals surface area contributed by atoms with Gasteiger partial charge in [0.15, 0.2) is 0 Å². The summed E-state index contributed by atoms with van der Waals surface area (Å²) in [5.74, 6) is -1.52. The van der Waals surface area contributed by atoms with Gasteiger partial charge in [0.2, 0.25) is 11.9 Å². The second kappa shape index (κ2) is 11.5. The molecule has 0 bridgehead atoms. The van der Waals surface area contributed by atoms with E-state index in [0.29, 0.717) is 25.1 Å². The van der Waals surface area contributed by atoms with Crippen LogP contribution in [0.2, 0.25) is 0 Å². The standard InChI is InChI=1S/C17H22N4O4/c1-18-16(24)15(23)14(20-12-22)10-6-3-7-11-19-17(25)21-13-8-4-2-5-9-13/h2,4-5,8-9,14H,3,6-7,10-11H2,1H3,(H,18,24)(H2,19,21,25). The maximum atomic E-state index is 11.7. The molecular formula is C17H22N4O4. The number of anilines is 1. The van der Waals surface area contributed by atoms with Crippen LogP contribution >= 0.6 is 0 Å². The molecule has 3 N–H and O–H groups in total. The van der Waals surface area contributed by atoms with Crippen molar-refractivity contribution < 1.29 is 19.2 Å². The molecular weight excluding hydrogens is 324 g/mol. The number of aliphatic imine (C=N–C) groups is 1. The van der Waals surface area contributed by atoms with Gasteiger partial charge in [-0.3, -0.25) is 9.59 Å². The first kappa shape index (κ1) is 20.1. The number of benzene rings is 1. The van der Waals surface area contributed by atoms with E-state index in [1.807, 2.05) is 18.2 Å². The number of urea groups is 1. The van der Waals surface area contributed by atoms with E-state index < -0.39 is 17.7 Å². The first-order valence-corrected chi connectivity index (χ1v) is 8.01. The van der Waals surface area contributed by atoms with E-state index in [9.17, 15) is 19.2 Å². The highest BCUT2D eigenvalue weighted by Crippen LogP contribution is 2.08. The molecule has 1 aromatic rings. The van der Waals surface area contributed by atoms with Crippen LogP contribution in [0.3, 0.4) is 0 Å². The summed E-state index contributed by atoms with van der Waals surface area (Å²) in [6, 6.07) is 7.81. The second-order valence-electron chi connectivity index (χ2n) is 5.28. The largest absolute Gasteiger partial charge is 0.353 e. The Morgan fingerprint density at radius 2 is 1.84 bits per heavy atom. The number of nitrogens with zero attached hydrogens (tertiary/aromatic N) is 1. The van der Waals surface area contributed by atoms with Gasteiger partial charge < -0.3 is 16.0 Å². The van der Waals surface area contributed by atoms with Gasteiger partial charge in [-0.15, -0.1) is 0 Å². The molecule has 0 saturated carbocycles. The molecule has 1 atom stereocenters. The highest BCUT2D eigenvalue weighted by atomic mass is 16.2. The monoisotopic (exact) mass is 346 g/mol. The molecule has 1 aromatic carbocycles. The molecule has 3 amide bonds. The molecule has 0 aliphatic heterocycles. The number of hydrogen-bond donors (Lipinski definition) is 3. The fourth-order valence-corrected chi connectivity index (χ4v) is 2.13. The Morgan fingerprint density at radius 1 is 1.12 bits per heavy atom. The normalized spacial score (nSPS) is 10.9. The summed E-state index contributed by atoms with van der Waals surface area (Å²) < 4.78 is 0. The number of isocyanates is 1. The Kier molecular flexibility index (Phi) is 9.25. The van der Waals surface area contributed by atoms with Gasteiger partial charge in [0.1, 0.15) is 6.04 Å². The Hall–Kier alpha value is -2.99. The molecule has 0 aliphatic rings. The molecule has 25 heavy (non-hydrogen) atoms.